The highest BCUT2D eigenvalue weighted by atomic mass is 32.2. The Morgan fingerprint density at radius 1 is 1.19 bits per heavy atom. The molecular weight excluding hydrogens is 350 g/mol. The van der Waals surface area contributed by atoms with Gasteiger partial charge in [-0.25, -0.2) is 4.79 Å². The van der Waals surface area contributed by atoms with Crippen LogP contribution in [0.3, 0.4) is 0 Å². The number of esters is 1. The van der Waals surface area contributed by atoms with Crippen molar-refractivity contribution < 1.29 is 19.1 Å². The number of amides is 1. The molecule has 2 aromatic rings. The highest BCUT2D eigenvalue weighted by molar-refractivity contribution is 7.98. The van der Waals surface area contributed by atoms with Crippen LogP contribution in [0.2, 0.25) is 0 Å². The number of methoxy groups -OCH3 is 1. The number of thioether (sulfide) groups is 1. The van der Waals surface area contributed by atoms with E-state index in [4.69, 9.17) is 9.47 Å². The number of hydrogen-bond acceptors (Lipinski definition) is 5. The molecule has 0 N–H and O–H groups in total. The van der Waals surface area contributed by atoms with Gasteiger partial charge in [-0.15, -0.1) is 11.8 Å². The van der Waals surface area contributed by atoms with E-state index in [1.54, 1.807) is 11.0 Å². The first kappa shape index (κ1) is 18.1. The molecule has 1 heterocycles. The third-order valence-corrected chi connectivity index (χ3v) is 4.80. The van der Waals surface area contributed by atoms with Crippen LogP contribution in [0.1, 0.15) is 22.8 Å². The molecule has 0 fully saturated rings. The van der Waals surface area contributed by atoms with Gasteiger partial charge in [0.25, 0.3) is 5.91 Å². The summed E-state index contributed by atoms with van der Waals surface area (Å²) in [6.07, 6.45) is 3.29. The number of fused-ring (bicyclic) bond motifs is 1. The monoisotopic (exact) mass is 369 g/mol. The van der Waals surface area contributed by atoms with Gasteiger partial charge < -0.3 is 9.47 Å². The molecule has 0 bridgehead atoms. The summed E-state index contributed by atoms with van der Waals surface area (Å²) >= 11 is 1.51. The van der Waals surface area contributed by atoms with E-state index in [2.05, 4.69) is 0 Å². The second-order valence-corrected chi connectivity index (χ2v) is 6.35. The van der Waals surface area contributed by atoms with Crippen molar-refractivity contribution in [2.75, 3.05) is 24.9 Å². The zero-order valence-electron chi connectivity index (χ0n) is 14.8. The molecule has 0 saturated carbocycles. The van der Waals surface area contributed by atoms with Crippen LogP contribution in [0.15, 0.2) is 53.4 Å². The Morgan fingerprint density at radius 3 is 2.58 bits per heavy atom. The molecule has 2 aromatic carbocycles. The van der Waals surface area contributed by atoms with E-state index in [1.165, 1.54) is 24.9 Å². The lowest BCUT2D eigenvalue weighted by atomic mass is 10.1. The summed E-state index contributed by atoms with van der Waals surface area (Å²) < 4.78 is 10.3. The first-order chi connectivity index (χ1) is 12.6. The van der Waals surface area contributed by atoms with E-state index >= 15 is 0 Å². The predicted octanol–water partition coefficient (Wildman–Crippen LogP) is 3.98. The van der Waals surface area contributed by atoms with Gasteiger partial charge in [0, 0.05) is 22.1 Å². The number of rotatable bonds is 5. The third-order valence-electron chi connectivity index (χ3n) is 4.04. The molecule has 26 heavy (non-hydrogen) atoms. The summed E-state index contributed by atoms with van der Waals surface area (Å²) in [5.74, 6) is 0.0598. The first-order valence-electron chi connectivity index (χ1n) is 8.15. The van der Waals surface area contributed by atoms with Crippen LogP contribution in [0.25, 0.3) is 5.70 Å². The number of anilines is 1. The van der Waals surface area contributed by atoms with Gasteiger partial charge in [0.2, 0.25) is 0 Å². The highest BCUT2D eigenvalue weighted by Gasteiger charge is 2.35. The molecule has 0 saturated heterocycles. The van der Waals surface area contributed by atoms with Crippen LogP contribution in [0.5, 0.6) is 5.75 Å². The number of ether oxygens (including phenoxy) is 2. The lowest BCUT2D eigenvalue weighted by Gasteiger charge is -2.21. The van der Waals surface area contributed by atoms with Gasteiger partial charge >= 0.3 is 5.97 Å². The van der Waals surface area contributed by atoms with Gasteiger partial charge in [0.1, 0.15) is 5.75 Å². The Balaban J connectivity index is 2.15. The largest absolute Gasteiger partial charge is 0.494 e. The topological polar surface area (TPSA) is 55.8 Å². The first-order valence-corrected chi connectivity index (χ1v) is 9.37. The molecule has 0 aromatic heterocycles. The van der Waals surface area contributed by atoms with Crippen molar-refractivity contribution in [2.45, 2.75) is 11.8 Å². The molecule has 0 aliphatic carbocycles. The molecule has 0 radical (unpaired) electrons. The minimum Gasteiger partial charge on any atom is -0.494 e. The Hall–Kier alpha value is -2.73. The van der Waals surface area contributed by atoms with Gasteiger partial charge in [-0.1, -0.05) is 18.2 Å². The molecule has 1 aliphatic rings. The molecule has 134 valence electrons. The second-order valence-electron chi connectivity index (χ2n) is 5.51. The van der Waals surface area contributed by atoms with Crippen molar-refractivity contribution in [3.8, 4) is 5.75 Å². The Bertz CT molecular complexity index is 891. The quantitative estimate of drug-likeness (QED) is 0.453. The number of carbonyl (C=O) groups is 2. The van der Waals surface area contributed by atoms with Gasteiger partial charge in [0.05, 0.1) is 25.1 Å². The number of benzene rings is 2. The number of nitrogens with zero attached hydrogens (tertiary/aromatic N) is 1. The smallest absolute Gasteiger partial charge is 0.332 e. The van der Waals surface area contributed by atoms with E-state index in [1.807, 2.05) is 49.6 Å². The summed E-state index contributed by atoms with van der Waals surface area (Å²) in [5.41, 5.74) is 2.49. The average molecular weight is 369 g/mol. The zero-order chi connectivity index (χ0) is 18.7. The van der Waals surface area contributed by atoms with Gasteiger partial charge in [-0.3, -0.25) is 9.69 Å². The molecule has 1 aliphatic heterocycles. The van der Waals surface area contributed by atoms with Crippen molar-refractivity contribution >= 4 is 35.0 Å². The standard InChI is InChI=1S/C20H19NO4S/c1-4-25-13-9-10-16(18(11-13)26-3)21-17(12-19(22)24-2)14-7-5-6-8-15(14)20(21)23/h5-12H,4H2,1-3H3/b17-12+. The Kier molecular flexibility index (Phi) is 5.32. The molecule has 5 nitrogen and oxygen atoms in total. The normalized spacial score (nSPS) is 14.5. The maximum atomic E-state index is 13.0. The van der Waals surface area contributed by atoms with Gasteiger partial charge in [-0.2, -0.15) is 0 Å². The molecule has 0 unspecified atom stereocenters. The molecule has 6 heteroatoms. The van der Waals surface area contributed by atoms with Crippen molar-refractivity contribution in [1.82, 2.24) is 0 Å². The van der Waals surface area contributed by atoms with E-state index in [0.29, 0.717) is 29.1 Å². The van der Waals surface area contributed by atoms with Crippen molar-refractivity contribution in [2.24, 2.45) is 0 Å². The minimum absolute atomic E-state index is 0.171. The van der Waals surface area contributed by atoms with Crippen LogP contribution in [0.4, 0.5) is 5.69 Å². The van der Waals surface area contributed by atoms with Crippen LogP contribution in [-0.2, 0) is 9.53 Å². The van der Waals surface area contributed by atoms with Gasteiger partial charge in [-0.05, 0) is 37.4 Å². The van der Waals surface area contributed by atoms with Crippen LogP contribution in [-0.4, -0.2) is 31.8 Å². The van der Waals surface area contributed by atoms with E-state index in [9.17, 15) is 9.59 Å². The SMILES string of the molecule is CCOc1ccc(N2C(=O)c3ccccc3/C2=C\C(=O)OC)c(SC)c1. The van der Waals surface area contributed by atoms with E-state index in [-0.39, 0.29) is 5.91 Å². The summed E-state index contributed by atoms with van der Waals surface area (Å²) in [7, 11) is 1.32. The maximum absolute atomic E-state index is 13.0. The van der Waals surface area contributed by atoms with Gasteiger partial charge in [0.15, 0.2) is 0 Å². The summed E-state index contributed by atoms with van der Waals surface area (Å²) in [6, 6.07) is 12.8. The molecule has 0 atom stereocenters. The molecule has 3 rings (SSSR count). The number of hydrogen-bond donors (Lipinski definition) is 0. The third kappa shape index (κ3) is 3.20. The lowest BCUT2D eigenvalue weighted by Crippen LogP contribution is -2.23. The van der Waals surface area contributed by atoms with Crippen LogP contribution in [0, 0.1) is 0 Å². The summed E-state index contributed by atoms with van der Waals surface area (Å²) in [4.78, 5) is 27.4. The molecule has 0 spiro atoms. The molecular formula is C20H19NO4S. The van der Waals surface area contributed by atoms with Crippen molar-refractivity contribution in [3.63, 3.8) is 0 Å². The summed E-state index contributed by atoms with van der Waals surface area (Å²) in [6.45, 7) is 2.49. The fraction of sp³-hybridized carbons (Fsp3) is 0.200. The average Bonchev–Trinajstić information content (AvgIpc) is 2.94. The van der Waals surface area contributed by atoms with E-state index in [0.717, 1.165) is 10.6 Å². The highest BCUT2D eigenvalue weighted by Crippen LogP contribution is 2.41. The van der Waals surface area contributed by atoms with Crippen molar-refractivity contribution in [1.29, 1.82) is 0 Å². The molecule has 1 amide bonds. The Labute approximate surface area is 156 Å². The fourth-order valence-electron chi connectivity index (χ4n) is 2.89. The van der Waals surface area contributed by atoms with E-state index < -0.39 is 5.97 Å². The Morgan fingerprint density at radius 2 is 1.92 bits per heavy atom. The second kappa shape index (κ2) is 7.66. The van der Waals surface area contributed by atoms with Crippen LogP contribution < -0.4 is 9.64 Å². The lowest BCUT2D eigenvalue weighted by molar-refractivity contribution is -0.134. The predicted molar refractivity (Wildman–Crippen MR) is 103 cm³/mol. The zero-order valence-corrected chi connectivity index (χ0v) is 15.6. The van der Waals surface area contributed by atoms with Crippen LogP contribution >= 0.6 is 11.8 Å². The summed E-state index contributed by atoms with van der Waals surface area (Å²) in [5, 5.41) is 0. The number of carbonyl (C=O) groups excluding carboxylic acids is 2. The minimum atomic E-state index is -0.508. The maximum Gasteiger partial charge on any atom is 0.332 e. The van der Waals surface area contributed by atoms with Crippen molar-refractivity contribution in [3.05, 3.63) is 59.7 Å². The fourth-order valence-corrected chi connectivity index (χ4v) is 3.50.